The molecule has 1 aliphatic heterocycles. The number of nitrogens with zero attached hydrogens (tertiary/aromatic N) is 3. The lowest BCUT2D eigenvalue weighted by atomic mass is 10.2. The fraction of sp³-hybridized carbons (Fsp3) is 0.474. The van der Waals surface area contributed by atoms with Crippen molar-refractivity contribution in [3.05, 3.63) is 39.9 Å². The third-order valence-electron chi connectivity index (χ3n) is 4.87. The summed E-state index contributed by atoms with van der Waals surface area (Å²) in [7, 11) is 0. The van der Waals surface area contributed by atoms with Crippen molar-refractivity contribution in [1.29, 1.82) is 0 Å². The van der Waals surface area contributed by atoms with Gasteiger partial charge in [-0.15, -0.1) is 11.3 Å². The number of hydrogen-bond donors (Lipinski definition) is 0. The summed E-state index contributed by atoms with van der Waals surface area (Å²) in [6.45, 7) is 9.94. The molecule has 134 valence electrons. The van der Waals surface area contributed by atoms with Crippen molar-refractivity contribution in [1.82, 2.24) is 14.8 Å². The van der Waals surface area contributed by atoms with E-state index in [1.807, 2.05) is 36.1 Å². The standard InChI is InChI=1S/C19H24ClN3OS/c1-4-22(5-2)14-10-11-23(12-14)19(24)17-13(3)21-18(25-17)15-8-6-7-9-16(15)20/h6-9,14H,4-5,10-12H2,1-3H3. The lowest BCUT2D eigenvalue weighted by Crippen LogP contribution is -2.38. The zero-order chi connectivity index (χ0) is 18.0. The second-order valence-electron chi connectivity index (χ2n) is 6.33. The Kier molecular flexibility index (Phi) is 5.77. The molecule has 2 aromatic rings. The molecule has 1 aliphatic rings. The van der Waals surface area contributed by atoms with Crippen molar-refractivity contribution in [3.8, 4) is 10.6 Å². The summed E-state index contributed by atoms with van der Waals surface area (Å²) < 4.78 is 0. The molecule has 0 aliphatic carbocycles. The van der Waals surface area contributed by atoms with Gasteiger partial charge in [-0.1, -0.05) is 43.6 Å². The molecule has 1 fully saturated rings. The van der Waals surface area contributed by atoms with E-state index in [1.165, 1.54) is 11.3 Å². The molecule has 2 heterocycles. The minimum absolute atomic E-state index is 0.1000. The maximum atomic E-state index is 13.0. The van der Waals surface area contributed by atoms with E-state index >= 15 is 0 Å². The van der Waals surface area contributed by atoms with Crippen LogP contribution in [0.25, 0.3) is 10.6 Å². The van der Waals surface area contributed by atoms with Crippen LogP contribution in [0, 0.1) is 6.92 Å². The number of aryl methyl sites for hydroxylation is 1. The zero-order valence-electron chi connectivity index (χ0n) is 15.0. The van der Waals surface area contributed by atoms with Crippen molar-refractivity contribution < 1.29 is 4.79 Å². The maximum Gasteiger partial charge on any atom is 0.265 e. The molecule has 3 rings (SSSR count). The van der Waals surface area contributed by atoms with Crippen LogP contribution in [-0.4, -0.2) is 52.9 Å². The Balaban J connectivity index is 1.79. The number of rotatable bonds is 5. The topological polar surface area (TPSA) is 36.4 Å². The van der Waals surface area contributed by atoms with E-state index in [9.17, 15) is 4.79 Å². The molecule has 0 N–H and O–H groups in total. The fourth-order valence-electron chi connectivity index (χ4n) is 3.45. The van der Waals surface area contributed by atoms with Crippen molar-refractivity contribution >= 4 is 28.8 Å². The largest absolute Gasteiger partial charge is 0.336 e. The van der Waals surface area contributed by atoms with Crippen molar-refractivity contribution in [2.45, 2.75) is 33.2 Å². The van der Waals surface area contributed by atoms with Gasteiger partial charge in [-0.2, -0.15) is 0 Å². The first-order valence-corrected chi connectivity index (χ1v) is 10.00. The normalized spacial score (nSPS) is 17.5. The number of thiazole rings is 1. The Bertz CT molecular complexity index is 757. The third-order valence-corrected chi connectivity index (χ3v) is 6.38. The molecule has 1 amide bonds. The van der Waals surface area contributed by atoms with E-state index in [-0.39, 0.29) is 5.91 Å². The smallest absolute Gasteiger partial charge is 0.265 e. The predicted octanol–water partition coefficient (Wildman–Crippen LogP) is 4.33. The Morgan fingerprint density at radius 2 is 2.08 bits per heavy atom. The molecular formula is C19H24ClN3OS. The second kappa shape index (κ2) is 7.85. The van der Waals surface area contributed by atoms with Gasteiger partial charge in [-0.05, 0) is 32.5 Å². The minimum Gasteiger partial charge on any atom is -0.336 e. The Labute approximate surface area is 158 Å². The van der Waals surface area contributed by atoms with Crippen LogP contribution >= 0.6 is 22.9 Å². The molecule has 0 radical (unpaired) electrons. The first-order valence-electron chi connectivity index (χ1n) is 8.80. The molecule has 0 spiro atoms. The van der Waals surface area contributed by atoms with Gasteiger partial charge in [0.1, 0.15) is 9.88 Å². The predicted molar refractivity (Wildman–Crippen MR) is 105 cm³/mol. The van der Waals surface area contributed by atoms with E-state index in [4.69, 9.17) is 11.6 Å². The lowest BCUT2D eigenvalue weighted by molar-refractivity contribution is 0.0782. The van der Waals surface area contributed by atoms with Gasteiger partial charge in [-0.25, -0.2) is 4.98 Å². The van der Waals surface area contributed by atoms with E-state index in [2.05, 4.69) is 23.7 Å². The molecular weight excluding hydrogens is 354 g/mol. The maximum absolute atomic E-state index is 13.0. The molecule has 0 bridgehead atoms. The second-order valence-corrected chi connectivity index (χ2v) is 7.73. The lowest BCUT2D eigenvalue weighted by Gasteiger charge is -2.26. The molecule has 1 aromatic carbocycles. The molecule has 4 nitrogen and oxygen atoms in total. The summed E-state index contributed by atoms with van der Waals surface area (Å²) >= 11 is 7.72. The van der Waals surface area contributed by atoms with Gasteiger partial charge in [0, 0.05) is 24.7 Å². The van der Waals surface area contributed by atoms with Crippen LogP contribution in [0.3, 0.4) is 0 Å². The Morgan fingerprint density at radius 1 is 1.36 bits per heavy atom. The van der Waals surface area contributed by atoms with Gasteiger partial charge < -0.3 is 4.90 Å². The first-order chi connectivity index (χ1) is 12.0. The van der Waals surface area contributed by atoms with Gasteiger partial charge in [0.05, 0.1) is 10.7 Å². The van der Waals surface area contributed by atoms with Crippen LogP contribution in [0.5, 0.6) is 0 Å². The van der Waals surface area contributed by atoms with Crippen LogP contribution in [0.1, 0.15) is 35.6 Å². The minimum atomic E-state index is 0.1000. The third kappa shape index (κ3) is 3.73. The van der Waals surface area contributed by atoms with Crippen molar-refractivity contribution in [2.75, 3.05) is 26.2 Å². The van der Waals surface area contributed by atoms with E-state index in [0.717, 1.165) is 53.7 Å². The van der Waals surface area contributed by atoms with Gasteiger partial charge in [-0.3, -0.25) is 9.69 Å². The number of carbonyl (C=O) groups excluding carboxylic acids is 1. The highest BCUT2D eigenvalue weighted by atomic mass is 35.5. The molecule has 1 unspecified atom stereocenters. The van der Waals surface area contributed by atoms with Crippen molar-refractivity contribution in [3.63, 3.8) is 0 Å². The summed E-state index contributed by atoms with van der Waals surface area (Å²) in [4.78, 5) is 22.7. The molecule has 1 aromatic heterocycles. The van der Waals surface area contributed by atoms with Gasteiger partial charge in [0.2, 0.25) is 0 Å². The van der Waals surface area contributed by atoms with E-state index in [1.54, 1.807) is 0 Å². The monoisotopic (exact) mass is 377 g/mol. The van der Waals surface area contributed by atoms with E-state index in [0.29, 0.717) is 11.1 Å². The number of aromatic nitrogens is 1. The fourth-order valence-corrected chi connectivity index (χ4v) is 4.81. The van der Waals surface area contributed by atoms with E-state index < -0.39 is 0 Å². The number of hydrogen-bond acceptors (Lipinski definition) is 4. The first kappa shape index (κ1) is 18.4. The van der Waals surface area contributed by atoms with Crippen LogP contribution in [-0.2, 0) is 0 Å². The number of benzene rings is 1. The van der Waals surface area contributed by atoms with Crippen LogP contribution < -0.4 is 0 Å². The van der Waals surface area contributed by atoms with Crippen LogP contribution in [0.2, 0.25) is 5.02 Å². The number of likely N-dealkylation sites (tertiary alicyclic amines) is 1. The average Bonchev–Trinajstić information content (AvgIpc) is 3.23. The van der Waals surface area contributed by atoms with Crippen LogP contribution in [0.4, 0.5) is 0 Å². The Hall–Kier alpha value is -1.43. The van der Waals surface area contributed by atoms with Gasteiger partial charge in [0.25, 0.3) is 5.91 Å². The summed E-state index contributed by atoms with van der Waals surface area (Å²) in [5, 5.41) is 1.48. The number of halogens is 1. The quantitative estimate of drug-likeness (QED) is 0.778. The highest BCUT2D eigenvalue weighted by molar-refractivity contribution is 7.17. The highest BCUT2D eigenvalue weighted by Gasteiger charge is 2.31. The summed E-state index contributed by atoms with van der Waals surface area (Å²) in [6.07, 6.45) is 1.04. The highest BCUT2D eigenvalue weighted by Crippen LogP contribution is 2.33. The molecule has 6 heteroatoms. The number of carbonyl (C=O) groups is 1. The van der Waals surface area contributed by atoms with Crippen LogP contribution in [0.15, 0.2) is 24.3 Å². The van der Waals surface area contributed by atoms with Gasteiger partial charge in [0.15, 0.2) is 0 Å². The van der Waals surface area contributed by atoms with Gasteiger partial charge >= 0.3 is 0 Å². The molecule has 25 heavy (non-hydrogen) atoms. The summed E-state index contributed by atoms with van der Waals surface area (Å²) in [5.41, 5.74) is 1.68. The van der Waals surface area contributed by atoms with Crippen molar-refractivity contribution in [2.24, 2.45) is 0 Å². The molecule has 0 saturated carbocycles. The number of likely N-dealkylation sites (N-methyl/N-ethyl adjacent to an activating group) is 1. The summed E-state index contributed by atoms with van der Waals surface area (Å²) in [5.74, 6) is 0.1000. The average molecular weight is 378 g/mol. The SMILES string of the molecule is CCN(CC)C1CCN(C(=O)c2sc(-c3ccccc3Cl)nc2C)C1. The summed E-state index contributed by atoms with van der Waals surface area (Å²) in [6, 6.07) is 8.10. The Morgan fingerprint density at radius 3 is 2.76 bits per heavy atom. The zero-order valence-corrected chi connectivity index (χ0v) is 16.5. The molecule has 1 saturated heterocycles. The molecule has 1 atom stereocenters. The number of amides is 1.